The van der Waals surface area contributed by atoms with Gasteiger partial charge in [0.25, 0.3) is 5.91 Å². The maximum atomic E-state index is 12.5. The molecule has 6 nitrogen and oxygen atoms in total. The molecule has 3 rings (SSSR count). The van der Waals surface area contributed by atoms with Gasteiger partial charge in [-0.2, -0.15) is 4.99 Å². The summed E-state index contributed by atoms with van der Waals surface area (Å²) in [6, 6.07) is 23.9. The van der Waals surface area contributed by atoms with Crippen LogP contribution in [0.5, 0.6) is 0 Å². The highest BCUT2D eigenvalue weighted by atomic mass is 16.5. The summed E-state index contributed by atoms with van der Waals surface area (Å²) < 4.78 is 7.04. The lowest BCUT2D eigenvalue weighted by Crippen LogP contribution is -2.39. The van der Waals surface area contributed by atoms with E-state index in [1.807, 2.05) is 83.6 Å². The van der Waals surface area contributed by atoms with E-state index < -0.39 is 18.0 Å². The highest BCUT2D eigenvalue weighted by Gasteiger charge is 2.16. The Balaban J connectivity index is 1.62. The molecule has 2 amide bonds. The number of hydrogen-bond acceptors (Lipinski definition) is 3. The summed E-state index contributed by atoms with van der Waals surface area (Å²) in [4.78, 5) is 28.6. The first kappa shape index (κ1) is 20.1. The van der Waals surface area contributed by atoms with Gasteiger partial charge in [-0.15, -0.1) is 0 Å². The minimum Gasteiger partial charge on any atom is -0.445 e. The summed E-state index contributed by atoms with van der Waals surface area (Å²) in [5, 5.41) is 2.53. The summed E-state index contributed by atoms with van der Waals surface area (Å²) in [5.41, 5.74) is 2.49. The number of amides is 2. The second-order valence-electron chi connectivity index (χ2n) is 6.55. The maximum Gasteiger partial charge on any atom is 0.408 e. The van der Waals surface area contributed by atoms with E-state index in [4.69, 9.17) is 4.74 Å². The Labute approximate surface area is 169 Å². The zero-order valence-corrected chi connectivity index (χ0v) is 16.2. The van der Waals surface area contributed by atoms with Crippen molar-refractivity contribution >= 4 is 12.0 Å². The summed E-state index contributed by atoms with van der Waals surface area (Å²) in [6.45, 7) is 2.31. The third-order valence-corrected chi connectivity index (χ3v) is 4.25. The molecule has 1 aromatic heterocycles. The fraction of sp³-hybridized carbons (Fsp3) is 0.174. The van der Waals surface area contributed by atoms with Crippen LogP contribution < -0.4 is 10.8 Å². The molecule has 1 unspecified atom stereocenters. The molecule has 2 aromatic carbocycles. The molecular formula is C23H23N3O3. The first-order valence-electron chi connectivity index (χ1n) is 9.37. The van der Waals surface area contributed by atoms with Crippen molar-refractivity contribution in [3.63, 3.8) is 0 Å². The van der Waals surface area contributed by atoms with Gasteiger partial charge in [0.15, 0.2) is 0 Å². The van der Waals surface area contributed by atoms with Crippen LogP contribution in [0.15, 0.2) is 90.1 Å². The van der Waals surface area contributed by atoms with Gasteiger partial charge < -0.3 is 14.6 Å². The third kappa shape index (κ3) is 6.17. The van der Waals surface area contributed by atoms with Crippen LogP contribution in [0.4, 0.5) is 4.79 Å². The Kier molecular flexibility index (Phi) is 6.95. The molecular weight excluding hydrogens is 366 g/mol. The fourth-order valence-electron chi connectivity index (χ4n) is 2.70. The third-order valence-electron chi connectivity index (χ3n) is 4.25. The summed E-state index contributed by atoms with van der Waals surface area (Å²) in [5.74, 6) is -0.449. The molecule has 1 heterocycles. The number of aromatic nitrogens is 1. The fourth-order valence-corrected chi connectivity index (χ4v) is 2.70. The van der Waals surface area contributed by atoms with Crippen molar-refractivity contribution in [3.8, 4) is 0 Å². The molecule has 6 heteroatoms. The Morgan fingerprint density at radius 1 is 0.931 bits per heavy atom. The van der Waals surface area contributed by atoms with Gasteiger partial charge in [0.2, 0.25) is 0 Å². The van der Waals surface area contributed by atoms with Gasteiger partial charge in [0, 0.05) is 12.7 Å². The molecule has 1 atom stereocenters. The van der Waals surface area contributed by atoms with Crippen LogP contribution in [-0.2, 0) is 22.7 Å². The van der Waals surface area contributed by atoms with Crippen LogP contribution in [0.2, 0.25) is 0 Å². The Bertz CT molecular complexity index is 1010. The number of nitrogens with zero attached hydrogens (tertiary/aromatic N) is 2. The van der Waals surface area contributed by atoms with Crippen molar-refractivity contribution in [1.29, 1.82) is 0 Å². The summed E-state index contributed by atoms with van der Waals surface area (Å²) >= 11 is 0. The second-order valence-corrected chi connectivity index (χ2v) is 6.55. The number of alkyl carbamates (subject to hydrolysis) is 1. The van der Waals surface area contributed by atoms with Gasteiger partial charge in [-0.05, 0) is 30.2 Å². The van der Waals surface area contributed by atoms with Crippen molar-refractivity contribution < 1.29 is 14.3 Å². The first-order valence-corrected chi connectivity index (χ1v) is 9.37. The second kappa shape index (κ2) is 10.0. The van der Waals surface area contributed by atoms with Crippen molar-refractivity contribution in [2.75, 3.05) is 0 Å². The number of benzene rings is 2. The molecule has 0 aliphatic rings. The van der Waals surface area contributed by atoms with E-state index in [9.17, 15) is 9.59 Å². The van der Waals surface area contributed by atoms with Gasteiger partial charge in [0.05, 0.1) is 0 Å². The molecule has 0 radical (unpaired) electrons. The van der Waals surface area contributed by atoms with Crippen LogP contribution in [0.1, 0.15) is 18.1 Å². The number of pyridine rings is 1. The van der Waals surface area contributed by atoms with Gasteiger partial charge in [-0.25, -0.2) is 4.79 Å². The SMILES string of the molecule is CC(NC(=O)OCc1ccccc1)C(=O)N=c1ccccn1Cc1ccccc1. The van der Waals surface area contributed by atoms with Crippen LogP contribution in [-0.4, -0.2) is 22.6 Å². The molecule has 0 aliphatic carbocycles. The molecule has 148 valence electrons. The maximum absolute atomic E-state index is 12.5. The Morgan fingerprint density at radius 3 is 2.24 bits per heavy atom. The zero-order valence-electron chi connectivity index (χ0n) is 16.2. The van der Waals surface area contributed by atoms with Gasteiger partial charge in [-0.3, -0.25) is 4.79 Å². The smallest absolute Gasteiger partial charge is 0.408 e. The van der Waals surface area contributed by atoms with E-state index in [1.54, 1.807) is 13.0 Å². The largest absolute Gasteiger partial charge is 0.445 e. The number of nitrogens with one attached hydrogen (secondary N) is 1. The monoisotopic (exact) mass is 389 g/mol. The lowest BCUT2D eigenvalue weighted by atomic mass is 10.2. The average Bonchev–Trinajstić information content (AvgIpc) is 2.75. The molecule has 0 saturated carbocycles. The average molecular weight is 389 g/mol. The normalized spacial score (nSPS) is 12.2. The highest BCUT2D eigenvalue weighted by Crippen LogP contribution is 2.02. The summed E-state index contributed by atoms with van der Waals surface area (Å²) in [6.07, 6.45) is 1.21. The van der Waals surface area contributed by atoms with E-state index in [0.717, 1.165) is 11.1 Å². The molecule has 0 bridgehead atoms. The van der Waals surface area contributed by atoms with Crippen LogP contribution in [0, 0.1) is 0 Å². The van der Waals surface area contributed by atoms with Crippen molar-refractivity contribution in [2.24, 2.45) is 4.99 Å². The number of rotatable bonds is 6. The van der Waals surface area contributed by atoms with Crippen molar-refractivity contribution in [1.82, 2.24) is 9.88 Å². The summed E-state index contributed by atoms with van der Waals surface area (Å²) in [7, 11) is 0. The Hall–Kier alpha value is -3.67. The first-order chi connectivity index (χ1) is 14.1. The van der Waals surface area contributed by atoms with Crippen LogP contribution >= 0.6 is 0 Å². The molecule has 0 saturated heterocycles. The van der Waals surface area contributed by atoms with Crippen molar-refractivity contribution in [3.05, 3.63) is 102 Å². The molecule has 0 fully saturated rings. The predicted octanol–water partition coefficient (Wildman–Crippen LogP) is 3.28. The number of carbonyl (C=O) groups excluding carboxylic acids is 2. The topological polar surface area (TPSA) is 72.7 Å². The molecule has 3 aromatic rings. The number of carbonyl (C=O) groups is 2. The minimum atomic E-state index is -0.802. The quantitative estimate of drug-likeness (QED) is 0.703. The van der Waals surface area contributed by atoms with E-state index in [-0.39, 0.29) is 6.61 Å². The molecule has 0 spiro atoms. The predicted molar refractivity (Wildman–Crippen MR) is 110 cm³/mol. The van der Waals surface area contributed by atoms with Crippen LogP contribution in [0.3, 0.4) is 0 Å². The van der Waals surface area contributed by atoms with Gasteiger partial charge >= 0.3 is 6.09 Å². The molecule has 29 heavy (non-hydrogen) atoms. The zero-order chi connectivity index (χ0) is 20.5. The lowest BCUT2D eigenvalue weighted by molar-refractivity contribution is -0.119. The highest BCUT2D eigenvalue weighted by molar-refractivity contribution is 5.85. The molecule has 0 aliphatic heterocycles. The lowest BCUT2D eigenvalue weighted by Gasteiger charge is -2.12. The standard InChI is InChI=1S/C23H23N3O3/c1-18(24-23(28)29-17-20-12-6-3-7-13-20)22(27)25-21-14-8-9-15-26(21)16-19-10-4-2-5-11-19/h2-15,18H,16-17H2,1H3,(H,24,28). The minimum absolute atomic E-state index is 0.139. The van der Waals surface area contributed by atoms with E-state index in [2.05, 4.69) is 10.3 Å². The van der Waals surface area contributed by atoms with Gasteiger partial charge in [0.1, 0.15) is 18.1 Å². The van der Waals surface area contributed by atoms with E-state index in [0.29, 0.717) is 12.0 Å². The van der Waals surface area contributed by atoms with Gasteiger partial charge in [-0.1, -0.05) is 66.7 Å². The number of hydrogen-bond donors (Lipinski definition) is 1. The molecule has 1 N–H and O–H groups in total. The van der Waals surface area contributed by atoms with E-state index >= 15 is 0 Å². The van der Waals surface area contributed by atoms with E-state index in [1.165, 1.54) is 0 Å². The number of ether oxygens (including phenoxy) is 1. The Morgan fingerprint density at radius 2 is 1.55 bits per heavy atom. The van der Waals surface area contributed by atoms with Crippen LogP contribution in [0.25, 0.3) is 0 Å². The van der Waals surface area contributed by atoms with Crippen molar-refractivity contribution in [2.45, 2.75) is 26.1 Å².